The topological polar surface area (TPSA) is 67.2 Å². The van der Waals surface area contributed by atoms with Crippen LogP contribution in [0.5, 0.6) is 0 Å². The Morgan fingerprint density at radius 1 is 1.80 bits per heavy atom. The largest absolute Gasteiger partial charge is 0.361 e. The van der Waals surface area contributed by atoms with Crippen molar-refractivity contribution in [1.82, 2.24) is 15.8 Å². The minimum Gasteiger partial charge on any atom is -0.361 e. The van der Waals surface area contributed by atoms with Gasteiger partial charge in [0.1, 0.15) is 11.3 Å². The molecule has 0 saturated carbocycles. The van der Waals surface area contributed by atoms with Gasteiger partial charge in [-0.3, -0.25) is 4.79 Å². The van der Waals surface area contributed by atoms with Crippen LogP contribution in [0.2, 0.25) is 0 Å². The van der Waals surface area contributed by atoms with Crippen molar-refractivity contribution in [2.75, 3.05) is 13.1 Å². The molecule has 1 amide bonds. The van der Waals surface area contributed by atoms with Crippen LogP contribution in [0.15, 0.2) is 10.7 Å². The molecule has 1 aliphatic rings. The first kappa shape index (κ1) is 10.2. The molecular formula is C10H15N3O2. The number of carbonyl (C=O) groups excluding carboxylic acids is 1. The number of nitrogens with one attached hydrogen (secondary N) is 2. The molecule has 1 atom stereocenters. The monoisotopic (exact) mass is 209 g/mol. The highest BCUT2D eigenvalue weighted by Crippen LogP contribution is 2.06. The van der Waals surface area contributed by atoms with Crippen molar-refractivity contribution in [2.24, 2.45) is 0 Å². The predicted octanol–water partition coefficient (Wildman–Crippen LogP) is 0.465. The molecule has 1 unspecified atom stereocenters. The van der Waals surface area contributed by atoms with E-state index in [4.69, 9.17) is 4.52 Å². The summed E-state index contributed by atoms with van der Waals surface area (Å²) in [4.78, 5) is 11.6. The van der Waals surface area contributed by atoms with Crippen molar-refractivity contribution >= 4 is 5.91 Å². The minimum absolute atomic E-state index is 0.109. The van der Waals surface area contributed by atoms with Crippen molar-refractivity contribution in [3.05, 3.63) is 17.5 Å². The Labute approximate surface area is 88.2 Å². The lowest BCUT2D eigenvalue weighted by Gasteiger charge is -2.10. The molecule has 15 heavy (non-hydrogen) atoms. The Hall–Kier alpha value is -1.36. The summed E-state index contributed by atoms with van der Waals surface area (Å²) in [6, 6.07) is 0.411. The minimum atomic E-state index is -0.109. The van der Waals surface area contributed by atoms with Gasteiger partial charge in [-0.2, -0.15) is 0 Å². The van der Waals surface area contributed by atoms with Crippen LogP contribution in [0, 0.1) is 6.92 Å². The van der Waals surface area contributed by atoms with E-state index in [1.165, 1.54) is 12.6 Å². The van der Waals surface area contributed by atoms with E-state index in [0.29, 0.717) is 23.9 Å². The third kappa shape index (κ3) is 2.36. The van der Waals surface area contributed by atoms with Crippen LogP contribution in [0.3, 0.4) is 0 Å². The lowest BCUT2D eigenvalue weighted by atomic mass is 10.2. The average molecular weight is 209 g/mol. The second kappa shape index (κ2) is 4.44. The summed E-state index contributed by atoms with van der Waals surface area (Å²) >= 11 is 0. The second-order valence-electron chi connectivity index (χ2n) is 3.80. The third-order valence-electron chi connectivity index (χ3n) is 2.67. The van der Waals surface area contributed by atoms with Gasteiger partial charge in [0.2, 0.25) is 0 Å². The zero-order valence-electron chi connectivity index (χ0n) is 8.75. The number of nitrogens with zero attached hydrogens (tertiary/aromatic N) is 1. The van der Waals surface area contributed by atoms with Gasteiger partial charge >= 0.3 is 0 Å². The zero-order valence-corrected chi connectivity index (χ0v) is 8.75. The first-order chi connectivity index (χ1) is 7.27. The van der Waals surface area contributed by atoms with E-state index in [9.17, 15) is 4.79 Å². The molecule has 1 aliphatic heterocycles. The van der Waals surface area contributed by atoms with Crippen molar-refractivity contribution in [2.45, 2.75) is 25.8 Å². The summed E-state index contributed by atoms with van der Waals surface area (Å²) in [5.74, 6) is 0.453. The fourth-order valence-corrected chi connectivity index (χ4v) is 1.76. The van der Waals surface area contributed by atoms with Crippen LogP contribution in [0.4, 0.5) is 0 Å². The number of carbonyl (C=O) groups is 1. The molecule has 0 spiro atoms. The van der Waals surface area contributed by atoms with E-state index in [0.717, 1.165) is 13.0 Å². The Balaban J connectivity index is 1.84. The van der Waals surface area contributed by atoms with Crippen LogP contribution < -0.4 is 10.6 Å². The quantitative estimate of drug-likeness (QED) is 0.759. The van der Waals surface area contributed by atoms with Gasteiger partial charge < -0.3 is 15.2 Å². The number of aryl methyl sites for hydroxylation is 1. The molecule has 1 aromatic heterocycles. The maximum atomic E-state index is 11.6. The number of amides is 1. The van der Waals surface area contributed by atoms with Gasteiger partial charge in [-0.1, -0.05) is 5.16 Å². The molecule has 0 bridgehead atoms. The highest BCUT2D eigenvalue weighted by atomic mass is 16.5. The van der Waals surface area contributed by atoms with Gasteiger partial charge in [-0.25, -0.2) is 0 Å². The summed E-state index contributed by atoms with van der Waals surface area (Å²) in [5, 5.41) is 9.76. The molecule has 0 aliphatic carbocycles. The predicted molar refractivity (Wildman–Crippen MR) is 54.6 cm³/mol. The van der Waals surface area contributed by atoms with E-state index in [-0.39, 0.29) is 5.91 Å². The maximum Gasteiger partial charge on any atom is 0.256 e. The van der Waals surface area contributed by atoms with Crippen molar-refractivity contribution in [3.63, 3.8) is 0 Å². The molecule has 5 nitrogen and oxygen atoms in total. The lowest BCUT2D eigenvalue weighted by Crippen LogP contribution is -2.37. The molecule has 82 valence electrons. The van der Waals surface area contributed by atoms with E-state index in [2.05, 4.69) is 15.8 Å². The summed E-state index contributed by atoms with van der Waals surface area (Å²) in [5.41, 5.74) is 0.521. The van der Waals surface area contributed by atoms with Crippen molar-refractivity contribution in [1.29, 1.82) is 0 Å². The molecule has 2 heterocycles. The van der Waals surface area contributed by atoms with Gasteiger partial charge in [0.05, 0.1) is 6.20 Å². The normalized spacial score (nSPS) is 20.5. The highest BCUT2D eigenvalue weighted by molar-refractivity contribution is 5.94. The number of hydrogen-bond acceptors (Lipinski definition) is 4. The highest BCUT2D eigenvalue weighted by Gasteiger charge is 2.17. The average Bonchev–Trinajstić information content (AvgIpc) is 2.84. The van der Waals surface area contributed by atoms with E-state index >= 15 is 0 Å². The van der Waals surface area contributed by atoms with E-state index in [1.54, 1.807) is 6.92 Å². The SMILES string of the molecule is Cc1oncc1C(=O)NCC1CCCN1. The molecule has 5 heteroatoms. The number of hydrogen-bond donors (Lipinski definition) is 2. The van der Waals surface area contributed by atoms with Crippen LogP contribution in [0.1, 0.15) is 29.0 Å². The van der Waals surface area contributed by atoms with Gasteiger partial charge in [-0.05, 0) is 26.3 Å². The summed E-state index contributed by atoms with van der Waals surface area (Å²) in [6.45, 7) is 3.45. The van der Waals surface area contributed by atoms with E-state index < -0.39 is 0 Å². The van der Waals surface area contributed by atoms with Gasteiger partial charge in [0, 0.05) is 12.6 Å². The van der Waals surface area contributed by atoms with Gasteiger partial charge in [-0.15, -0.1) is 0 Å². The Morgan fingerprint density at radius 2 is 2.67 bits per heavy atom. The first-order valence-corrected chi connectivity index (χ1v) is 5.20. The molecule has 2 rings (SSSR count). The Kier molecular flexibility index (Phi) is 3.01. The molecule has 1 fully saturated rings. The summed E-state index contributed by atoms with van der Waals surface area (Å²) < 4.78 is 4.83. The van der Waals surface area contributed by atoms with Crippen LogP contribution in [-0.2, 0) is 0 Å². The fraction of sp³-hybridized carbons (Fsp3) is 0.600. The zero-order chi connectivity index (χ0) is 10.7. The van der Waals surface area contributed by atoms with Crippen molar-refractivity contribution in [3.8, 4) is 0 Å². The maximum absolute atomic E-state index is 11.6. The first-order valence-electron chi connectivity index (χ1n) is 5.20. The Morgan fingerprint density at radius 3 is 3.27 bits per heavy atom. The standard InChI is InChI=1S/C10H15N3O2/c1-7-9(6-13-15-7)10(14)12-5-8-3-2-4-11-8/h6,8,11H,2-5H2,1H3,(H,12,14). The van der Waals surface area contributed by atoms with E-state index in [1.807, 2.05) is 0 Å². The summed E-state index contributed by atoms with van der Waals surface area (Å²) in [7, 11) is 0. The van der Waals surface area contributed by atoms with Crippen LogP contribution in [0.25, 0.3) is 0 Å². The molecule has 0 radical (unpaired) electrons. The van der Waals surface area contributed by atoms with Gasteiger partial charge in [0.15, 0.2) is 0 Å². The smallest absolute Gasteiger partial charge is 0.256 e. The molecule has 2 N–H and O–H groups in total. The third-order valence-corrected chi connectivity index (χ3v) is 2.67. The van der Waals surface area contributed by atoms with Gasteiger partial charge in [0.25, 0.3) is 5.91 Å². The lowest BCUT2D eigenvalue weighted by molar-refractivity contribution is 0.0949. The van der Waals surface area contributed by atoms with Crippen molar-refractivity contribution < 1.29 is 9.32 Å². The number of rotatable bonds is 3. The number of aromatic nitrogens is 1. The fourth-order valence-electron chi connectivity index (χ4n) is 1.76. The second-order valence-corrected chi connectivity index (χ2v) is 3.80. The molecular weight excluding hydrogens is 194 g/mol. The molecule has 1 saturated heterocycles. The van der Waals surface area contributed by atoms with Crippen LogP contribution in [-0.4, -0.2) is 30.2 Å². The summed E-state index contributed by atoms with van der Waals surface area (Å²) in [6.07, 6.45) is 3.77. The Bertz CT molecular complexity index is 342. The molecule has 1 aromatic rings. The van der Waals surface area contributed by atoms with Crippen LogP contribution >= 0.6 is 0 Å². The molecule has 0 aromatic carbocycles.